The molecule has 2 aliphatic rings. The van der Waals surface area contributed by atoms with E-state index in [4.69, 9.17) is 4.84 Å². The molecule has 2 aliphatic heterocycles. The Bertz CT molecular complexity index is 122. The highest BCUT2D eigenvalue weighted by Crippen LogP contribution is 2.52. The molecule has 0 aromatic rings. The van der Waals surface area contributed by atoms with Crippen molar-refractivity contribution in [1.82, 2.24) is 5.06 Å². The second-order valence-corrected chi connectivity index (χ2v) is 3.13. The third kappa shape index (κ3) is 0.446. The molecule has 1 unspecified atom stereocenters. The fraction of sp³-hybridized carbons (Fsp3) is 0.833. The van der Waals surface area contributed by atoms with E-state index in [-0.39, 0.29) is 0 Å². The SMILES string of the molecule is CC1(C)CCN2O[C]21. The van der Waals surface area contributed by atoms with E-state index in [0.717, 1.165) is 6.54 Å². The fourth-order valence-corrected chi connectivity index (χ4v) is 1.18. The molecule has 1 atom stereocenters. The Balaban J connectivity index is 2.17. The van der Waals surface area contributed by atoms with Crippen LogP contribution in [0.2, 0.25) is 0 Å². The molecule has 0 saturated carbocycles. The molecule has 8 heavy (non-hydrogen) atoms. The van der Waals surface area contributed by atoms with Crippen LogP contribution in [0.5, 0.6) is 0 Å². The number of rotatable bonds is 0. The fourth-order valence-electron chi connectivity index (χ4n) is 1.18. The lowest BCUT2D eigenvalue weighted by molar-refractivity contribution is 0.159. The van der Waals surface area contributed by atoms with Gasteiger partial charge < -0.3 is 0 Å². The Morgan fingerprint density at radius 1 is 1.62 bits per heavy atom. The van der Waals surface area contributed by atoms with Crippen LogP contribution in [-0.4, -0.2) is 11.6 Å². The number of fused-ring (bicyclic) bond motifs is 1. The predicted octanol–water partition coefficient (Wildman–Crippen LogP) is 1.15. The van der Waals surface area contributed by atoms with E-state index in [2.05, 4.69) is 13.8 Å². The van der Waals surface area contributed by atoms with E-state index < -0.39 is 0 Å². The van der Waals surface area contributed by atoms with Gasteiger partial charge in [-0.3, -0.25) is 4.84 Å². The second kappa shape index (κ2) is 1.09. The third-order valence-electron chi connectivity index (χ3n) is 1.91. The van der Waals surface area contributed by atoms with Gasteiger partial charge in [0.2, 0.25) is 6.23 Å². The summed E-state index contributed by atoms with van der Waals surface area (Å²) in [6.45, 7) is 5.53. The summed E-state index contributed by atoms with van der Waals surface area (Å²) in [4.78, 5) is 5.12. The van der Waals surface area contributed by atoms with Crippen LogP contribution in [0, 0.1) is 11.6 Å². The van der Waals surface area contributed by atoms with Crippen molar-refractivity contribution >= 4 is 0 Å². The van der Waals surface area contributed by atoms with Crippen molar-refractivity contribution in [3.8, 4) is 0 Å². The molecule has 0 aromatic heterocycles. The molecule has 45 valence electrons. The minimum Gasteiger partial charge on any atom is -0.266 e. The molecule has 0 N–H and O–H groups in total. The summed E-state index contributed by atoms with van der Waals surface area (Å²) < 4.78 is 0. The van der Waals surface area contributed by atoms with Crippen LogP contribution in [0.15, 0.2) is 0 Å². The van der Waals surface area contributed by atoms with Crippen LogP contribution < -0.4 is 0 Å². The Morgan fingerprint density at radius 3 is 2.50 bits per heavy atom. The molecule has 2 heterocycles. The summed E-state index contributed by atoms with van der Waals surface area (Å²) in [5.74, 6) is 0. The molecule has 2 nitrogen and oxygen atoms in total. The zero-order chi connectivity index (χ0) is 5.78. The van der Waals surface area contributed by atoms with Crippen LogP contribution in [0.3, 0.4) is 0 Å². The standard InChI is InChI=1S/C6H10NO/c1-6(2)3-4-7-5(6)8-7/h3-4H2,1-2H3. The van der Waals surface area contributed by atoms with E-state index in [9.17, 15) is 0 Å². The smallest absolute Gasteiger partial charge is 0.216 e. The van der Waals surface area contributed by atoms with Gasteiger partial charge in [0, 0.05) is 12.0 Å². The van der Waals surface area contributed by atoms with Crippen molar-refractivity contribution in [2.75, 3.05) is 6.54 Å². The van der Waals surface area contributed by atoms with Gasteiger partial charge in [-0.1, -0.05) is 13.8 Å². The third-order valence-corrected chi connectivity index (χ3v) is 1.91. The van der Waals surface area contributed by atoms with Gasteiger partial charge in [0.25, 0.3) is 0 Å². The maximum absolute atomic E-state index is 5.12. The number of hydroxylamine groups is 2. The van der Waals surface area contributed by atoms with Gasteiger partial charge in [-0.15, -0.1) is 5.06 Å². The monoisotopic (exact) mass is 112 g/mol. The summed E-state index contributed by atoms with van der Waals surface area (Å²) >= 11 is 0. The van der Waals surface area contributed by atoms with Crippen LogP contribution in [0.25, 0.3) is 0 Å². The summed E-state index contributed by atoms with van der Waals surface area (Å²) in [5, 5.41) is 1.97. The zero-order valence-electron chi connectivity index (χ0n) is 5.27. The molecular formula is C6H10NO. The lowest BCUT2D eigenvalue weighted by Crippen LogP contribution is -2.08. The van der Waals surface area contributed by atoms with E-state index in [1.807, 2.05) is 5.06 Å². The molecule has 1 radical (unpaired) electrons. The molecular weight excluding hydrogens is 102 g/mol. The van der Waals surface area contributed by atoms with Gasteiger partial charge in [-0.25, -0.2) is 0 Å². The molecule has 0 amide bonds. The van der Waals surface area contributed by atoms with Crippen molar-refractivity contribution < 1.29 is 4.84 Å². The summed E-state index contributed by atoms with van der Waals surface area (Å²) in [5.41, 5.74) is 0.347. The zero-order valence-corrected chi connectivity index (χ0v) is 5.27. The van der Waals surface area contributed by atoms with Crippen molar-refractivity contribution in [2.45, 2.75) is 20.3 Å². The molecule has 2 heteroatoms. The summed E-state index contributed by atoms with van der Waals surface area (Å²) in [7, 11) is 0. The predicted molar refractivity (Wildman–Crippen MR) is 29.4 cm³/mol. The molecule has 2 rings (SSSR count). The average molecular weight is 112 g/mol. The lowest BCUT2D eigenvalue weighted by atomic mass is 9.92. The first-order valence-electron chi connectivity index (χ1n) is 3.03. The summed E-state index contributed by atoms with van der Waals surface area (Å²) in [6, 6.07) is 0. The highest BCUT2D eigenvalue weighted by atomic mass is 16.8. The van der Waals surface area contributed by atoms with E-state index in [0.29, 0.717) is 5.41 Å². The average Bonchev–Trinajstić information content (AvgIpc) is 2.34. The van der Waals surface area contributed by atoms with E-state index in [1.54, 1.807) is 0 Å². The Morgan fingerprint density at radius 2 is 2.38 bits per heavy atom. The van der Waals surface area contributed by atoms with Gasteiger partial charge in [0.05, 0.1) is 0 Å². The van der Waals surface area contributed by atoms with E-state index >= 15 is 0 Å². The van der Waals surface area contributed by atoms with Gasteiger partial charge in [0.15, 0.2) is 0 Å². The highest BCUT2D eigenvalue weighted by Gasteiger charge is 2.55. The number of hydrogen-bond acceptors (Lipinski definition) is 2. The number of hydrogen-bond donors (Lipinski definition) is 0. The van der Waals surface area contributed by atoms with Crippen molar-refractivity contribution in [1.29, 1.82) is 0 Å². The largest absolute Gasteiger partial charge is 0.266 e. The Labute approximate surface area is 49.4 Å². The lowest BCUT2D eigenvalue weighted by Gasteiger charge is -2.12. The Hall–Kier alpha value is -0.0800. The summed E-state index contributed by atoms with van der Waals surface area (Å²) in [6.07, 6.45) is 2.44. The van der Waals surface area contributed by atoms with Gasteiger partial charge in [-0.05, 0) is 6.42 Å². The Kier molecular flexibility index (Phi) is 0.649. The van der Waals surface area contributed by atoms with Crippen LogP contribution in [0.1, 0.15) is 20.3 Å². The minimum atomic E-state index is 0.347. The van der Waals surface area contributed by atoms with Crippen molar-refractivity contribution in [2.24, 2.45) is 5.41 Å². The van der Waals surface area contributed by atoms with Crippen LogP contribution in [0.4, 0.5) is 0 Å². The first-order valence-corrected chi connectivity index (χ1v) is 3.03. The van der Waals surface area contributed by atoms with Crippen molar-refractivity contribution in [3.05, 3.63) is 6.23 Å². The van der Waals surface area contributed by atoms with Crippen LogP contribution >= 0.6 is 0 Å². The maximum Gasteiger partial charge on any atom is 0.216 e. The topological polar surface area (TPSA) is 15.5 Å². The van der Waals surface area contributed by atoms with Crippen LogP contribution in [-0.2, 0) is 4.84 Å². The highest BCUT2D eigenvalue weighted by molar-refractivity contribution is 5.05. The molecule has 0 aliphatic carbocycles. The molecule has 0 aromatic carbocycles. The van der Waals surface area contributed by atoms with Gasteiger partial charge >= 0.3 is 0 Å². The van der Waals surface area contributed by atoms with Gasteiger partial charge in [0.1, 0.15) is 0 Å². The quantitative estimate of drug-likeness (QED) is 0.437. The molecule has 0 bridgehead atoms. The molecule has 2 fully saturated rings. The van der Waals surface area contributed by atoms with Crippen molar-refractivity contribution in [3.63, 3.8) is 0 Å². The minimum absolute atomic E-state index is 0.347. The second-order valence-electron chi connectivity index (χ2n) is 3.13. The first-order chi connectivity index (χ1) is 3.70. The maximum atomic E-state index is 5.12. The number of nitrogens with zero attached hydrogens (tertiary/aromatic N) is 1. The van der Waals surface area contributed by atoms with E-state index in [1.165, 1.54) is 12.6 Å². The normalized spacial score (nSPS) is 42.0. The molecule has 2 saturated heterocycles. The van der Waals surface area contributed by atoms with Gasteiger partial charge in [-0.2, -0.15) is 0 Å². The molecule has 0 spiro atoms. The first kappa shape index (κ1) is 4.77.